The van der Waals surface area contributed by atoms with Gasteiger partial charge in [0.1, 0.15) is 17.8 Å². The van der Waals surface area contributed by atoms with Crippen molar-refractivity contribution in [3.8, 4) is 0 Å². The van der Waals surface area contributed by atoms with Crippen LogP contribution in [0.2, 0.25) is 0 Å². The first-order chi connectivity index (χ1) is 10.4. The van der Waals surface area contributed by atoms with E-state index in [0.29, 0.717) is 6.04 Å². The van der Waals surface area contributed by atoms with Crippen LogP contribution in [0, 0.1) is 5.92 Å². The lowest BCUT2D eigenvalue weighted by Gasteiger charge is -2.37. The van der Waals surface area contributed by atoms with E-state index in [1.807, 2.05) is 12.3 Å². The van der Waals surface area contributed by atoms with Crippen LogP contribution in [-0.2, 0) is 0 Å². The summed E-state index contributed by atoms with van der Waals surface area (Å²) in [5, 5.41) is 8.04. The zero-order valence-corrected chi connectivity index (χ0v) is 12.2. The summed E-state index contributed by atoms with van der Waals surface area (Å²) in [6, 6.07) is 2.56. The summed E-state index contributed by atoms with van der Waals surface area (Å²) in [7, 11) is 0. The number of rotatable bonds is 4. The van der Waals surface area contributed by atoms with Crippen molar-refractivity contribution in [3.63, 3.8) is 0 Å². The normalized spacial score (nSPS) is 21.5. The first kappa shape index (κ1) is 13.0. The van der Waals surface area contributed by atoms with Gasteiger partial charge in [0.25, 0.3) is 0 Å². The monoisotopic (exact) mass is 286 g/mol. The summed E-state index contributed by atoms with van der Waals surface area (Å²) in [6.45, 7) is 6.04. The average Bonchev–Trinajstić information content (AvgIpc) is 2.94. The fourth-order valence-corrected chi connectivity index (χ4v) is 3.28. The maximum atomic E-state index is 4.40. The van der Waals surface area contributed by atoms with E-state index in [9.17, 15) is 0 Å². The van der Waals surface area contributed by atoms with E-state index in [1.54, 1.807) is 6.33 Å². The average molecular weight is 286 g/mol. The zero-order chi connectivity index (χ0) is 14.1. The van der Waals surface area contributed by atoms with Gasteiger partial charge < -0.3 is 20.5 Å². The third kappa shape index (κ3) is 2.73. The predicted octanol–water partition coefficient (Wildman–Crippen LogP) is 1.05. The number of aromatic amines is 1. The van der Waals surface area contributed by atoms with Crippen molar-refractivity contribution in [1.29, 1.82) is 0 Å². The molecule has 2 saturated heterocycles. The summed E-state index contributed by atoms with van der Waals surface area (Å²) in [6.07, 6.45) is 5.92. The minimum Gasteiger partial charge on any atom is -0.367 e. The predicted molar refractivity (Wildman–Crippen MR) is 83.3 cm³/mol. The molecular formula is C15H22N6. The fraction of sp³-hybridized carbons (Fsp3) is 0.600. The van der Waals surface area contributed by atoms with Gasteiger partial charge in [0.15, 0.2) is 0 Å². The highest BCUT2D eigenvalue weighted by Gasteiger charge is 2.24. The summed E-state index contributed by atoms with van der Waals surface area (Å²) >= 11 is 0. The second kappa shape index (κ2) is 5.61. The molecule has 4 heterocycles. The first-order valence-electron chi connectivity index (χ1n) is 7.86. The van der Waals surface area contributed by atoms with Crippen LogP contribution in [0.15, 0.2) is 18.6 Å². The van der Waals surface area contributed by atoms with Gasteiger partial charge in [0, 0.05) is 45.0 Å². The van der Waals surface area contributed by atoms with Crippen molar-refractivity contribution in [2.24, 2.45) is 5.92 Å². The van der Waals surface area contributed by atoms with Crippen LogP contribution < -0.4 is 10.6 Å². The number of hydrogen-bond donors (Lipinski definition) is 3. The molecule has 0 amide bonds. The van der Waals surface area contributed by atoms with Crippen molar-refractivity contribution < 1.29 is 0 Å². The topological polar surface area (TPSA) is 68.9 Å². The van der Waals surface area contributed by atoms with Crippen LogP contribution in [0.1, 0.15) is 12.8 Å². The number of nitrogens with zero attached hydrogens (tertiary/aromatic N) is 3. The van der Waals surface area contributed by atoms with E-state index in [2.05, 4.69) is 30.5 Å². The Morgan fingerprint density at radius 1 is 1.24 bits per heavy atom. The Bertz CT molecular complexity index is 597. The van der Waals surface area contributed by atoms with Gasteiger partial charge in [-0.1, -0.05) is 0 Å². The number of hydrogen-bond acceptors (Lipinski definition) is 5. The second-order valence-electron chi connectivity index (χ2n) is 6.21. The van der Waals surface area contributed by atoms with Gasteiger partial charge >= 0.3 is 0 Å². The molecule has 2 aromatic heterocycles. The summed E-state index contributed by atoms with van der Waals surface area (Å²) in [5.41, 5.74) is 0.905. The van der Waals surface area contributed by atoms with E-state index < -0.39 is 0 Å². The molecule has 0 spiro atoms. The van der Waals surface area contributed by atoms with Crippen molar-refractivity contribution >= 4 is 16.9 Å². The largest absolute Gasteiger partial charge is 0.367 e. The van der Waals surface area contributed by atoms with Crippen LogP contribution in [0.3, 0.4) is 0 Å². The maximum Gasteiger partial charge on any atom is 0.142 e. The second-order valence-corrected chi connectivity index (χ2v) is 6.21. The SMILES string of the molecule is c1nc(NC2CCN(CC3CNC3)CC2)c2cc[nH]c2n1. The number of nitrogens with one attached hydrogen (secondary N) is 3. The highest BCUT2D eigenvalue weighted by molar-refractivity contribution is 5.86. The lowest BCUT2D eigenvalue weighted by Crippen LogP contribution is -2.50. The van der Waals surface area contributed by atoms with Gasteiger partial charge in [-0.05, 0) is 24.8 Å². The standard InChI is InChI=1S/C15H22N6/c1-4-17-14-13(1)15(19-10-18-14)20-12-2-5-21(6-3-12)9-11-7-16-8-11/h1,4,10-12,16H,2-3,5-9H2,(H2,17,18,19,20). The minimum atomic E-state index is 0.522. The molecule has 21 heavy (non-hydrogen) atoms. The molecule has 6 nitrogen and oxygen atoms in total. The lowest BCUT2D eigenvalue weighted by atomic mass is 9.99. The molecule has 0 aromatic carbocycles. The molecule has 4 rings (SSSR count). The van der Waals surface area contributed by atoms with Gasteiger partial charge in [0.05, 0.1) is 5.39 Å². The van der Waals surface area contributed by atoms with Gasteiger partial charge in [0.2, 0.25) is 0 Å². The molecule has 0 bridgehead atoms. The molecule has 2 fully saturated rings. The van der Waals surface area contributed by atoms with E-state index in [1.165, 1.54) is 45.6 Å². The van der Waals surface area contributed by atoms with Crippen molar-refractivity contribution in [1.82, 2.24) is 25.2 Å². The zero-order valence-electron chi connectivity index (χ0n) is 12.2. The Morgan fingerprint density at radius 2 is 2.10 bits per heavy atom. The Kier molecular flexibility index (Phi) is 3.48. The smallest absolute Gasteiger partial charge is 0.142 e. The number of fused-ring (bicyclic) bond motifs is 1. The third-order valence-electron chi connectivity index (χ3n) is 4.66. The van der Waals surface area contributed by atoms with Crippen molar-refractivity contribution in [2.75, 3.05) is 38.0 Å². The molecule has 112 valence electrons. The molecule has 0 saturated carbocycles. The molecule has 2 aromatic rings. The Morgan fingerprint density at radius 3 is 2.86 bits per heavy atom. The first-order valence-corrected chi connectivity index (χ1v) is 7.86. The van der Waals surface area contributed by atoms with Crippen LogP contribution in [0.5, 0.6) is 0 Å². The van der Waals surface area contributed by atoms with Gasteiger partial charge in [-0.15, -0.1) is 0 Å². The van der Waals surface area contributed by atoms with Gasteiger partial charge in [-0.3, -0.25) is 0 Å². The van der Waals surface area contributed by atoms with Crippen LogP contribution in [0.4, 0.5) is 5.82 Å². The van der Waals surface area contributed by atoms with Crippen LogP contribution >= 0.6 is 0 Å². The number of piperidine rings is 1. The molecule has 0 aliphatic carbocycles. The molecule has 0 radical (unpaired) electrons. The number of anilines is 1. The Labute approximate surface area is 124 Å². The van der Waals surface area contributed by atoms with Crippen LogP contribution in [-0.4, -0.2) is 58.6 Å². The molecule has 0 atom stereocenters. The van der Waals surface area contributed by atoms with Gasteiger partial charge in [-0.2, -0.15) is 0 Å². The molecular weight excluding hydrogens is 264 g/mol. The van der Waals surface area contributed by atoms with E-state index in [0.717, 1.165) is 22.8 Å². The van der Waals surface area contributed by atoms with E-state index in [-0.39, 0.29) is 0 Å². The highest BCUT2D eigenvalue weighted by atomic mass is 15.2. The summed E-state index contributed by atoms with van der Waals surface area (Å²) in [4.78, 5) is 14.4. The maximum absolute atomic E-state index is 4.40. The summed E-state index contributed by atoms with van der Waals surface area (Å²) < 4.78 is 0. The molecule has 6 heteroatoms. The number of aromatic nitrogens is 3. The fourth-order valence-electron chi connectivity index (χ4n) is 3.28. The Balaban J connectivity index is 1.35. The third-order valence-corrected chi connectivity index (χ3v) is 4.66. The summed E-state index contributed by atoms with van der Waals surface area (Å²) in [5.74, 6) is 1.83. The van der Waals surface area contributed by atoms with Crippen molar-refractivity contribution in [3.05, 3.63) is 18.6 Å². The number of likely N-dealkylation sites (tertiary alicyclic amines) is 1. The lowest BCUT2D eigenvalue weighted by molar-refractivity contribution is 0.162. The van der Waals surface area contributed by atoms with E-state index in [4.69, 9.17) is 0 Å². The molecule has 2 aliphatic heterocycles. The highest BCUT2D eigenvalue weighted by Crippen LogP contribution is 2.22. The Hall–Kier alpha value is -1.66. The minimum absolute atomic E-state index is 0.522. The van der Waals surface area contributed by atoms with E-state index >= 15 is 0 Å². The quantitative estimate of drug-likeness (QED) is 0.784. The van der Waals surface area contributed by atoms with Gasteiger partial charge in [-0.25, -0.2) is 9.97 Å². The number of H-pyrrole nitrogens is 1. The van der Waals surface area contributed by atoms with Crippen LogP contribution in [0.25, 0.3) is 11.0 Å². The molecule has 0 unspecified atom stereocenters. The van der Waals surface area contributed by atoms with Crippen molar-refractivity contribution in [2.45, 2.75) is 18.9 Å². The molecule has 3 N–H and O–H groups in total. The molecule has 2 aliphatic rings.